The fraction of sp³-hybridized carbons (Fsp3) is 0.909. The van der Waals surface area contributed by atoms with Crippen LogP contribution in [0.1, 0.15) is 39.0 Å². The summed E-state index contributed by atoms with van der Waals surface area (Å²) in [7, 11) is 0. The first-order valence-corrected chi connectivity index (χ1v) is 5.84. The second-order valence-corrected chi connectivity index (χ2v) is 4.74. The molecule has 2 saturated carbocycles. The van der Waals surface area contributed by atoms with Gasteiger partial charge in [-0.2, -0.15) is 0 Å². The first-order chi connectivity index (χ1) is 6.74. The van der Waals surface area contributed by atoms with Crippen LogP contribution >= 0.6 is 0 Å². The van der Waals surface area contributed by atoms with E-state index in [1.807, 2.05) is 0 Å². The Hall–Kier alpha value is -0.730. The molecule has 0 aromatic carbocycles. The van der Waals surface area contributed by atoms with E-state index in [1.54, 1.807) is 0 Å². The van der Waals surface area contributed by atoms with Crippen LogP contribution in [0.15, 0.2) is 0 Å². The van der Waals surface area contributed by atoms with Crippen molar-refractivity contribution in [2.24, 2.45) is 17.6 Å². The largest absolute Gasteiger partial charge is 0.370 e. The molecule has 0 spiro atoms. The van der Waals surface area contributed by atoms with E-state index in [1.165, 1.54) is 25.7 Å². The van der Waals surface area contributed by atoms with Crippen LogP contribution in [0, 0.1) is 17.2 Å². The molecule has 2 aliphatic carbocycles. The quantitative estimate of drug-likeness (QED) is 0.519. The van der Waals surface area contributed by atoms with Crippen LogP contribution in [-0.2, 0) is 0 Å². The summed E-state index contributed by atoms with van der Waals surface area (Å²) in [5, 5.41) is 7.63. The van der Waals surface area contributed by atoms with Crippen LogP contribution in [0.3, 0.4) is 0 Å². The van der Waals surface area contributed by atoms with Gasteiger partial charge >= 0.3 is 0 Å². The lowest BCUT2D eigenvalue weighted by Gasteiger charge is -2.32. The summed E-state index contributed by atoms with van der Waals surface area (Å²) in [5.41, 5.74) is 5.66. The van der Waals surface area contributed by atoms with E-state index in [-0.39, 0.29) is 5.96 Å². The highest BCUT2D eigenvalue weighted by atomic mass is 15.3. The summed E-state index contributed by atoms with van der Waals surface area (Å²) in [6.45, 7) is 3.12. The van der Waals surface area contributed by atoms with Crippen molar-refractivity contribution in [1.29, 1.82) is 5.41 Å². The van der Waals surface area contributed by atoms with Gasteiger partial charge in [0.1, 0.15) is 0 Å². The van der Waals surface area contributed by atoms with E-state index in [0.717, 1.165) is 24.8 Å². The van der Waals surface area contributed by atoms with Gasteiger partial charge in [-0.3, -0.25) is 5.41 Å². The third-order valence-corrected chi connectivity index (χ3v) is 3.34. The highest BCUT2D eigenvalue weighted by Gasteiger charge is 2.44. The maximum Gasteiger partial charge on any atom is 0.188 e. The van der Waals surface area contributed by atoms with E-state index in [4.69, 9.17) is 11.1 Å². The van der Waals surface area contributed by atoms with Gasteiger partial charge in [0.2, 0.25) is 0 Å². The van der Waals surface area contributed by atoms with E-state index < -0.39 is 0 Å². The second kappa shape index (κ2) is 3.79. The lowest BCUT2D eigenvalue weighted by molar-refractivity contribution is 0.248. The van der Waals surface area contributed by atoms with Crippen molar-refractivity contribution < 1.29 is 0 Å². The third kappa shape index (κ3) is 2.02. The smallest absolute Gasteiger partial charge is 0.188 e. The lowest BCUT2D eigenvalue weighted by Crippen LogP contribution is -2.46. The summed E-state index contributed by atoms with van der Waals surface area (Å²) in [5.74, 6) is 1.98. The molecule has 3 N–H and O–H groups in total. The van der Waals surface area contributed by atoms with Crippen molar-refractivity contribution in [2.75, 3.05) is 6.54 Å². The Morgan fingerprint density at radius 2 is 1.86 bits per heavy atom. The fourth-order valence-corrected chi connectivity index (χ4v) is 2.44. The normalized spacial score (nSPS) is 21.3. The molecule has 0 amide bonds. The van der Waals surface area contributed by atoms with Crippen LogP contribution in [0.5, 0.6) is 0 Å². The van der Waals surface area contributed by atoms with E-state index in [2.05, 4.69) is 11.8 Å². The van der Waals surface area contributed by atoms with Crippen molar-refractivity contribution in [3.05, 3.63) is 0 Å². The maximum absolute atomic E-state index is 7.63. The average Bonchev–Trinajstić information content (AvgIpc) is 2.99. The van der Waals surface area contributed by atoms with Gasteiger partial charge in [0.15, 0.2) is 5.96 Å². The summed E-state index contributed by atoms with van der Waals surface area (Å²) in [6.07, 6.45) is 6.52. The van der Waals surface area contributed by atoms with Crippen molar-refractivity contribution in [3.63, 3.8) is 0 Å². The zero-order chi connectivity index (χ0) is 10.1. The van der Waals surface area contributed by atoms with E-state index >= 15 is 0 Å². The molecule has 80 valence electrons. The molecule has 0 atom stereocenters. The van der Waals surface area contributed by atoms with Gasteiger partial charge in [-0.1, -0.05) is 6.92 Å². The van der Waals surface area contributed by atoms with Gasteiger partial charge in [0, 0.05) is 12.6 Å². The van der Waals surface area contributed by atoms with Crippen molar-refractivity contribution in [3.8, 4) is 0 Å². The van der Waals surface area contributed by atoms with Crippen molar-refractivity contribution in [1.82, 2.24) is 4.90 Å². The molecule has 0 aromatic rings. The number of nitrogens with two attached hydrogens (primary N) is 1. The van der Waals surface area contributed by atoms with Gasteiger partial charge in [0.05, 0.1) is 0 Å². The van der Waals surface area contributed by atoms with Crippen LogP contribution < -0.4 is 5.73 Å². The average molecular weight is 195 g/mol. The predicted octanol–water partition coefficient (Wildman–Crippen LogP) is 1.78. The van der Waals surface area contributed by atoms with Crippen LogP contribution in [0.4, 0.5) is 0 Å². The maximum atomic E-state index is 7.63. The van der Waals surface area contributed by atoms with Crippen molar-refractivity contribution in [2.45, 2.75) is 45.1 Å². The molecule has 2 aliphatic rings. The van der Waals surface area contributed by atoms with Crippen LogP contribution in [0.2, 0.25) is 0 Å². The molecule has 0 radical (unpaired) electrons. The van der Waals surface area contributed by atoms with E-state index in [9.17, 15) is 0 Å². The van der Waals surface area contributed by atoms with Gasteiger partial charge in [0.25, 0.3) is 0 Å². The molecule has 3 heteroatoms. The SMILES string of the molecule is CCCN(C(=N)N)C(C1CC1)C1CC1. The zero-order valence-corrected chi connectivity index (χ0v) is 9.00. The Balaban J connectivity index is 2.00. The number of hydrogen-bond acceptors (Lipinski definition) is 1. The molecule has 0 saturated heterocycles. The summed E-state index contributed by atoms with van der Waals surface area (Å²) < 4.78 is 0. The molecule has 14 heavy (non-hydrogen) atoms. The number of rotatable bonds is 5. The molecule has 2 fully saturated rings. The second-order valence-electron chi connectivity index (χ2n) is 4.74. The first-order valence-electron chi connectivity index (χ1n) is 5.84. The van der Waals surface area contributed by atoms with Gasteiger partial charge in [-0.25, -0.2) is 0 Å². The highest BCUT2D eigenvalue weighted by molar-refractivity contribution is 5.75. The number of guanidine groups is 1. The summed E-state index contributed by atoms with van der Waals surface area (Å²) in [4.78, 5) is 2.15. The lowest BCUT2D eigenvalue weighted by atomic mass is 10.1. The minimum atomic E-state index is 0.288. The molecular formula is C11H21N3. The van der Waals surface area contributed by atoms with Crippen molar-refractivity contribution >= 4 is 5.96 Å². The zero-order valence-electron chi connectivity index (χ0n) is 9.00. The number of hydrogen-bond donors (Lipinski definition) is 2. The van der Waals surface area contributed by atoms with Crippen LogP contribution in [0.25, 0.3) is 0 Å². The molecule has 0 aliphatic heterocycles. The van der Waals surface area contributed by atoms with Gasteiger partial charge < -0.3 is 10.6 Å². The molecule has 0 unspecified atom stereocenters. The van der Waals surface area contributed by atoms with E-state index in [0.29, 0.717) is 6.04 Å². The Bertz CT molecular complexity index is 207. The predicted molar refractivity (Wildman–Crippen MR) is 58.1 cm³/mol. The summed E-state index contributed by atoms with van der Waals surface area (Å²) >= 11 is 0. The number of nitrogens with one attached hydrogen (secondary N) is 1. The first kappa shape index (κ1) is 9.81. The standard InChI is InChI=1S/C11H21N3/c1-2-7-14(11(12)13)10(8-3-4-8)9-5-6-9/h8-10H,2-7H2,1H3,(H3,12,13). The minimum absolute atomic E-state index is 0.288. The Morgan fingerprint density at radius 1 is 1.36 bits per heavy atom. The fourth-order valence-electron chi connectivity index (χ4n) is 2.44. The molecule has 0 heterocycles. The topological polar surface area (TPSA) is 53.1 Å². The monoisotopic (exact) mass is 195 g/mol. The summed E-state index contributed by atoms with van der Waals surface area (Å²) in [6, 6.07) is 0.604. The van der Waals surface area contributed by atoms with Gasteiger partial charge in [-0.05, 0) is 43.9 Å². The Kier molecular flexibility index (Phi) is 2.66. The molecule has 0 bridgehead atoms. The molecular weight excluding hydrogens is 174 g/mol. The molecule has 0 aromatic heterocycles. The highest BCUT2D eigenvalue weighted by Crippen LogP contribution is 2.47. The Labute approximate surface area is 86.2 Å². The molecule has 3 nitrogen and oxygen atoms in total. The third-order valence-electron chi connectivity index (χ3n) is 3.34. The van der Waals surface area contributed by atoms with Crippen LogP contribution in [-0.4, -0.2) is 23.4 Å². The number of nitrogens with zero attached hydrogens (tertiary/aromatic N) is 1. The minimum Gasteiger partial charge on any atom is -0.370 e. The van der Waals surface area contributed by atoms with Gasteiger partial charge in [-0.15, -0.1) is 0 Å². The molecule has 2 rings (SSSR count). The Morgan fingerprint density at radius 3 is 2.14 bits per heavy atom.